The highest BCUT2D eigenvalue weighted by atomic mass is 16.6. The number of benzene rings is 2. The van der Waals surface area contributed by atoms with E-state index in [0.29, 0.717) is 18.8 Å². The Kier molecular flexibility index (Phi) is 6.73. The normalized spacial score (nSPS) is 13.8. The van der Waals surface area contributed by atoms with E-state index in [1.54, 1.807) is 24.1 Å². The number of amides is 1. The quantitative estimate of drug-likeness (QED) is 0.680. The number of ether oxygens (including phenoxy) is 3. The minimum Gasteiger partial charge on any atom is -0.497 e. The zero-order valence-electron chi connectivity index (χ0n) is 15.9. The van der Waals surface area contributed by atoms with Crippen LogP contribution in [0.3, 0.4) is 0 Å². The van der Waals surface area contributed by atoms with Gasteiger partial charge in [-0.25, -0.2) is 4.79 Å². The molecule has 2 aromatic rings. The average molecular weight is 384 g/mol. The van der Waals surface area contributed by atoms with Crippen molar-refractivity contribution in [2.75, 3.05) is 51.4 Å². The Bertz CT molecular complexity index is 771. The lowest BCUT2D eigenvalue weighted by atomic mass is 10.2. The third kappa shape index (κ3) is 5.39. The molecule has 0 atom stereocenters. The number of anilines is 1. The van der Waals surface area contributed by atoms with Gasteiger partial charge in [0.15, 0.2) is 13.2 Å². The summed E-state index contributed by atoms with van der Waals surface area (Å²) in [5.74, 6) is 0.646. The van der Waals surface area contributed by atoms with Gasteiger partial charge in [-0.05, 0) is 36.4 Å². The van der Waals surface area contributed by atoms with Crippen molar-refractivity contribution in [3.8, 4) is 11.5 Å². The van der Waals surface area contributed by atoms with E-state index in [-0.39, 0.29) is 19.1 Å². The summed E-state index contributed by atoms with van der Waals surface area (Å²) in [6.07, 6.45) is 0. The Morgan fingerprint density at radius 3 is 2.18 bits per heavy atom. The molecule has 1 aliphatic rings. The Balaban J connectivity index is 1.38. The summed E-state index contributed by atoms with van der Waals surface area (Å²) >= 11 is 0. The molecule has 148 valence electrons. The largest absolute Gasteiger partial charge is 0.497 e. The van der Waals surface area contributed by atoms with Crippen molar-refractivity contribution in [1.82, 2.24) is 4.90 Å². The molecule has 7 nitrogen and oxygen atoms in total. The lowest BCUT2D eigenvalue weighted by Gasteiger charge is -2.36. The molecule has 1 saturated heterocycles. The first-order valence-electron chi connectivity index (χ1n) is 9.16. The highest BCUT2D eigenvalue weighted by Gasteiger charge is 2.22. The second-order valence-corrected chi connectivity index (χ2v) is 6.33. The molecule has 3 rings (SSSR count). The molecule has 0 bridgehead atoms. The van der Waals surface area contributed by atoms with Crippen LogP contribution in [0.4, 0.5) is 5.69 Å². The Morgan fingerprint density at radius 1 is 0.857 bits per heavy atom. The van der Waals surface area contributed by atoms with Crippen molar-refractivity contribution in [3.63, 3.8) is 0 Å². The minimum absolute atomic E-state index is 0.192. The van der Waals surface area contributed by atoms with E-state index in [4.69, 9.17) is 14.2 Å². The van der Waals surface area contributed by atoms with Crippen molar-refractivity contribution >= 4 is 17.6 Å². The van der Waals surface area contributed by atoms with Crippen molar-refractivity contribution < 1.29 is 23.8 Å². The maximum absolute atomic E-state index is 12.3. The maximum Gasteiger partial charge on any atom is 0.344 e. The van der Waals surface area contributed by atoms with Crippen LogP contribution in [0.2, 0.25) is 0 Å². The summed E-state index contributed by atoms with van der Waals surface area (Å²) in [6.45, 7) is 2.14. The van der Waals surface area contributed by atoms with Crippen LogP contribution in [0.15, 0.2) is 54.6 Å². The molecular weight excluding hydrogens is 360 g/mol. The van der Waals surface area contributed by atoms with Crippen LogP contribution in [0.1, 0.15) is 0 Å². The SMILES string of the molecule is COc1ccc(N2CCN(C(=O)COC(=O)COc3ccccc3)CC2)cc1. The van der Waals surface area contributed by atoms with Gasteiger partial charge in [0.25, 0.3) is 5.91 Å². The van der Waals surface area contributed by atoms with Gasteiger partial charge in [0.1, 0.15) is 11.5 Å². The smallest absolute Gasteiger partial charge is 0.344 e. The van der Waals surface area contributed by atoms with Crippen LogP contribution in [0.25, 0.3) is 0 Å². The van der Waals surface area contributed by atoms with E-state index in [9.17, 15) is 9.59 Å². The third-order valence-electron chi connectivity index (χ3n) is 4.53. The summed E-state index contributed by atoms with van der Waals surface area (Å²) in [7, 11) is 1.64. The van der Waals surface area contributed by atoms with Gasteiger partial charge in [-0.2, -0.15) is 0 Å². The molecular formula is C21H24N2O5. The van der Waals surface area contributed by atoms with E-state index in [2.05, 4.69) is 4.90 Å². The molecule has 0 spiro atoms. The fraction of sp³-hybridized carbons (Fsp3) is 0.333. The maximum atomic E-state index is 12.3. The van der Waals surface area contributed by atoms with E-state index < -0.39 is 5.97 Å². The van der Waals surface area contributed by atoms with Crippen molar-refractivity contribution in [2.45, 2.75) is 0 Å². The molecule has 2 aromatic carbocycles. The van der Waals surface area contributed by atoms with Gasteiger partial charge in [-0.1, -0.05) is 18.2 Å². The summed E-state index contributed by atoms with van der Waals surface area (Å²) in [5, 5.41) is 0. The second-order valence-electron chi connectivity index (χ2n) is 6.33. The number of piperazine rings is 1. The highest BCUT2D eigenvalue weighted by molar-refractivity contribution is 5.81. The van der Waals surface area contributed by atoms with E-state index >= 15 is 0 Å². The number of rotatable bonds is 7. The van der Waals surface area contributed by atoms with Gasteiger partial charge in [0, 0.05) is 31.9 Å². The van der Waals surface area contributed by atoms with Crippen molar-refractivity contribution in [1.29, 1.82) is 0 Å². The first-order valence-corrected chi connectivity index (χ1v) is 9.16. The monoisotopic (exact) mass is 384 g/mol. The van der Waals surface area contributed by atoms with E-state index in [0.717, 1.165) is 24.5 Å². The average Bonchev–Trinajstić information content (AvgIpc) is 2.77. The van der Waals surface area contributed by atoms with Crippen molar-refractivity contribution in [2.24, 2.45) is 0 Å². The molecule has 0 unspecified atom stereocenters. The van der Waals surface area contributed by atoms with Crippen LogP contribution < -0.4 is 14.4 Å². The van der Waals surface area contributed by atoms with Gasteiger partial charge in [-0.3, -0.25) is 4.79 Å². The number of carbonyl (C=O) groups excluding carboxylic acids is 2. The van der Waals surface area contributed by atoms with Gasteiger partial charge >= 0.3 is 5.97 Å². The lowest BCUT2D eigenvalue weighted by Crippen LogP contribution is -2.50. The Morgan fingerprint density at radius 2 is 1.54 bits per heavy atom. The molecule has 0 aliphatic carbocycles. The number of para-hydroxylation sites is 1. The molecule has 1 fully saturated rings. The van der Waals surface area contributed by atoms with Crippen LogP contribution in [0, 0.1) is 0 Å². The molecule has 0 N–H and O–H groups in total. The minimum atomic E-state index is -0.561. The van der Waals surface area contributed by atoms with Crippen molar-refractivity contribution in [3.05, 3.63) is 54.6 Å². The van der Waals surface area contributed by atoms with Crippen LogP contribution >= 0.6 is 0 Å². The predicted octanol–water partition coefficient (Wildman–Crippen LogP) is 1.97. The molecule has 0 aromatic heterocycles. The first kappa shape index (κ1) is 19.5. The third-order valence-corrected chi connectivity index (χ3v) is 4.53. The van der Waals surface area contributed by atoms with Crippen LogP contribution in [-0.4, -0.2) is 63.3 Å². The van der Waals surface area contributed by atoms with Crippen LogP contribution in [0.5, 0.6) is 11.5 Å². The fourth-order valence-corrected chi connectivity index (χ4v) is 2.94. The Labute approximate surface area is 164 Å². The summed E-state index contributed by atoms with van der Waals surface area (Å²) in [5.41, 5.74) is 1.09. The molecule has 0 radical (unpaired) electrons. The lowest BCUT2D eigenvalue weighted by molar-refractivity contribution is -0.153. The number of nitrogens with zero attached hydrogens (tertiary/aromatic N) is 2. The predicted molar refractivity (Wildman–Crippen MR) is 105 cm³/mol. The highest BCUT2D eigenvalue weighted by Crippen LogP contribution is 2.20. The van der Waals surface area contributed by atoms with E-state index in [1.165, 1.54) is 0 Å². The van der Waals surface area contributed by atoms with E-state index in [1.807, 2.05) is 42.5 Å². The summed E-state index contributed by atoms with van der Waals surface area (Å²) < 4.78 is 15.5. The first-order chi connectivity index (χ1) is 13.7. The standard InChI is InChI=1S/C21H24N2O5/c1-26-18-9-7-17(8-10-18)22-11-13-23(14-12-22)20(24)15-28-21(25)16-27-19-5-3-2-4-6-19/h2-10H,11-16H2,1H3. The summed E-state index contributed by atoms with van der Waals surface area (Å²) in [6, 6.07) is 16.8. The molecule has 1 amide bonds. The van der Waals surface area contributed by atoms with Crippen LogP contribution in [-0.2, 0) is 14.3 Å². The number of hydrogen-bond acceptors (Lipinski definition) is 6. The topological polar surface area (TPSA) is 68.3 Å². The molecule has 28 heavy (non-hydrogen) atoms. The van der Waals surface area contributed by atoms with Gasteiger partial charge in [0.2, 0.25) is 0 Å². The van der Waals surface area contributed by atoms with Gasteiger partial charge < -0.3 is 24.0 Å². The molecule has 1 aliphatic heterocycles. The zero-order chi connectivity index (χ0) is 19.8. The number of methoxy groups -OCH3 is 1. The number of esters is 1. The number of carbonyl (C=O) groups is 2. The van der Waals surface area contributed by atoms with Gasteiger partial charge in [-0.15, -0.1) is 0 Å². The molecule has 7 heteroatoms. The Hall–Kier alpha value is -3.22. The summed E-state index contributed by atoms with van der Waals surface area (Å²) in [4.78, 5) is 28.0. The molecule has 0 saturated carbocycles. The molecule has 1 heterocycles. The zero-order valence-corrected chi connectivity index (χ0v) is 15.9. The second kappa shape index (κ2) is 9.64. The number of hydrogen-bond donors (Lipinski definition) is 0. The van der Waals surface area contributed by atoms with Gasteiger partial charge in [0.05, 0.1) is 7.11 Å². The fourth-order valence-electron chi connectivity index (χ4n) is 2.94.